The summed E-state index contributed by atoms with van der Waals surface area (Å²) in [5, 5.41) is 2.87. The molecule has 146 valence electrons. The Kier molecular flexibility index (Phi) is 4.81. The fourth-order valence-corrected chi connectivity index (χ4v) is 3.36. The van der Waals surface area contributed by atoms with Crippen LogP contribution in [-0.4, -0.2) is 49.7 Å². The molecule has 1 N–H and O–H groups in total. The highest BCUT2D eigenvalue weighted by molar-refractivity contribution is 5.99. The summed E-state index contributed by atoms with van der Waals surface area (Å²) in [6.45, 7) is 6.08. The van der Waals surface area contributed by atoms with Gasteiger partial charge in [0.1, 0.15) is 19.8 Å². The number of anilines is 2. The number of fused-ring (bicyclic) bond motifs is 1. The number of urea groups is 1. The molecule has 7 nitrogen and oxygen atoms in total. The van der Waals surface area contributed by atoms with Crippen molar-refractivity contribution < 1.29 is 19.1 Å². The number of rotatable bonds is 4. The minimum Gasteiger partial charge on any atom is -0.486 e. The van der Waals surface area contributed by atoms with Crippen molar-refractivity contribution in [2.45, 2.75) is 13.8 Å². The Balaban J connectivity index is 1.40. The van der Waals surface area contributed by atoms with Crippen molar-refractivity contribution >= 4 is 23.3 Å². The van der Waals surface area contributed by atoms with Gasteiger partial charge in [0.05, 0.1) is 0 Å². The molecule has 7 heteroatoms. The molecule has 2 heterocycles. The lowest BCUT2D eigenvalue weighted by molar-refractivity contribution is -0.116. The number of hydrogen-bond acceptors (Lipinski definition) is 4. The van der Waals surface area contributed by atoms with Gasteiger partial charge in [-0.15, -0.1) is 0 Å². The van der Waals surface area contributed by atoms with Gasteiger partial charge in [0, 0.05) is 30.5 Å². The van der Waals surface area contributed by atoms with E-state index in [0.29, 0.717) is 37.8 Å². The van der Waals surface area contributed by atoms with Gasteiger partial charge in [-0.2, -0.15) is 0 Å². The van der Waals surface area contributed by atoms with E-state index in [-0.39, 0.29) is 18.5 Å². The molecule has 28 heavy (non-hydrogen) atoms. The van der Waals surface area contributed by atoms with E-state index < -0.39 is 0 Å². The van der Waals surface area contributed by atoms with Crippen LogP contribution in [0.3, 0.4) is 0 Å². The van der Waals surface area contributed by atoms with E-state index in [1.54, 1.807) is 9.80 Å². The molecule has 2 aliphatic rings. The molecule has 4 rings (SSSR count). The van der Waals surface area contributed by atoms with Crippen molar-refractivity contribution in [3.8, 4) is 11.5 Å². The summed E-state index contributed by atoms with van der Waals surface area (Å²) in [5.41, 5.74) is 3.76. The molecule has 2 aromatic carbocycles. The third-order valence-electron chi connectivity index (χ3n) is 5.06. The van der Waals surface area contributed by atoms with E-state index in [0.717, 1.165) is 16.9 Å². The number of nitrogens with zero attached hydrogens (tertiary/aromatic N) is 2. The average Bonchev–Trinajstić information content (AvgIpc) is 3.04. The second-order valence-electron chi connectivity index (χ2n) is 7.03. The zero-order valence-electron chi connectivity index (χ0n) is 16.0. The topological polar surface area (TPSA) is 71.1 Å². The summed E-state index contributed by atoms with van der Waals surface area (Å²) in [5.74, 6) is 1.12. The number of aryl methyl sites for hydroxylation is 2. The first-order chi connectivity index (χ1) is 13.5. The largest absolute Gasteiger partial charge is 0.486 e. The molecule has 0 saturated carbocycles. The monoisotopic (exact) mass is 381 g/mol. The summed E-state index contributed by atoms with van der Waals surface area (Å²) in [6.07, 6.45) is 0. The molecule has 0 radical (unpaired) electrons. The number of carbonyl (C=O) groups is 2. The molecule has 0 bridgehead atoms. The van der Waals surface area contributed by atoms with E-state index in [1.165, 1.54) is 5.56 Å². The molecule has 1 saturated heterocycles. The van der Waals surface area contributed by atoms with Crippen molar-refractivity contribution in [3.05, 3.63) is 47.5 Å². The Bertz CT molecular complexity index is 928. The minimum atomic E-state index is -0.208. The van der Waals surface area contributed by atoms with Crippen LogP contribution >= 0.6 is 0 Å². The Labute approximate surface area is 163 Å². The van der Waals surface area contributed by atoms with Crippen LogP contribution in [0.5, 0.6) is 11.5 Å². The molecule has 0 spiro atoms. The van der Waals surface area contributed by atoms with E-state index >= 15 is 0 Å². The van der Waals surface area contributed by atoms with Crippen molar-refractivity contribution in [2.75, 3.05) is 43.1 Å². The highest BCUT2D eigenvalue weighted by Crippen LogP contribution is 2.35. The number of amides is 3. The van der Waals surface area contributed by atoms with Crippen LogP contribution in [0.1, 0.15) is 11.1 Å². The highest BCUT2D eigenvalue weighted by atomic mass is 16.6. The predicted molar refractivity (Wildman–Crippen MR) is 106 cm³/mol. The van der Waals surface area contributed by atoms with Crippen LogP contribution < -0.4 is 19.7 Å². The first-order valence-corrected chi connectivity index (χ1v) is 9.34. The Morgan fingerprint density at radius 2 is 1.79 bits per heavy atom. The fraction of sp³-hybridized carbons (Fsp3) is 0.333. The van der Waals surface area contributed by atoms with Gasteiger partial charge in [0.2, 0.25) is 5.91 Å². The van der Waals surface area contributed by atoms with Crippen molar-refractivity contribution in [2.24, 2.45) is 0 Å². The standard InChI is InChI=1S/C21H23N3O4/c1-14-3-4-16(11-15(14)2)22-20(25)13-23-7-8-24(21(23)26)17-5-6-18-19(12-17)28-10-9-27-18/h3-6,11-12H,7-10,13H2,1-2H3,(H,22,25). The van der Waals surface area contributed by atoms with E-state index in [2.05, 4.69) is 5.32 Å². The van der Waals surface area contributed by atoms with Gasteiger partial charge < -0.3 is 19.7 Å². The number of benzene rings is 2. The Morgan fingerprint density at radius 1 is 1.00 bits per heavy atom. The molecule has 2 aromatic rings. The molecule has 0 unspecified atom stereocenters. The van der Waals surface area contributed by atoms with Gasteiger partial charge in [-0.3, -0.25) is 9.69 Å². The Hall–Kier alpha value is -3.22. The highest BCUT2D eigenvalue weighted by Gasteiger charge is 2.31. The Morgan fingerprint density at radius 3 is 2.57 bits per heavy atom. The van der Waals surface area contributed by atoms with Crippen LogP contribution in [0.15, 0.2) is 36.4 Å². The lowest BCUT2D eigenvalue weighted by Crippen LogP contribution is -2.37. The van der Waals surface area contributed by atoms with E-state index in [1.807, 2.05) is 50.2 Å². The van der Waals surface area contributed by atoms with Crippen molar-refractivity contribution in [1.29, 1.82) is 0 Å². The van der Waals surface area contributed by atoms with Crippen LogP contribution in [0.2, 0.25) is 0 Å². The summed E-state index contributed by atoms with van der Waals surface area (Å²) in [4.78, 5) is 28.3. The average molecular weight is 381 g/mol. The summed E-state index contributed by atoms with van der Waals surface area (Å²) in [7, 11) is 0. The number of nitrogens with one attached hydrogen (secondary N) is 1. The molecular weight excluding hydrogens is 358 g/mol. The SMILES string of the molecule is Cc1ccc(NC(=O)CN2CCN(c3ccc4c(c3)OCCO4)C2=O)cc1C. The van der Waals surface area contributed by atoms with Gasteiger partial charge in [-0.1, -0.05) is 6.07 Å². The number of hydrogen-bond donors (Lipinski definition) is 1. The van der Waals surface area contributed by atoms with Crippen LogP contribution in [0.4, 0.5) is 16.2 Å². The van der Waals surface area contributed by atoms with E-state index in [9.17, 15) is 9.59 Å². The molecule has 0 aromatic heterocycles. The number of carbonyl (C=O) groups excluding carboxylic acids is 2. The predicted octanol–water partition coefficient (Wildman–Crippen LogP) is 2.96. The molecule has 0 aliphatic carbocycles. The maximum Gasteiger partial charge on any atom is 0.325 e. The summed E-state index contributed by atoms with van der Waals surface area (Å²) >= 11 is 0. The zero-order valence-corrected chi connectivity index (χ0v) is 16.0. The lowest BCUT2D eigenvalue weighted by Gasteiger charge is -2.22. The quantitative estimate of drug-likeness (QED) is 0.884. The van der Waals surface area contributed by atoms with E-state index in [4.69, 9.17) is 9.47 Å². The number of ether oxygens (including phenoxy) is 2. The molecule has 1 fully saturated rings. The normalized spacial score (nSPS) is 15.7. The van der Waals surface area contributed by atoms with Gasteiger partial charge in [0.15, 0.2) is 11.5 Å². The maximum absolute atomic E-state index is 12.8. The van der Waals surface area contributed by atoms with Crippen LogP contribution in [-0.2, 0) is 4.79 Å². The summed E-state index contributed by atoms with van der Waals surface area (Å²) < 4.78 is 11.1. The zero-order chi connectivity index (χ0) is 19.7. The third kappa shape index (κ3) is 3.60. The third-order valence-corrected chi connectivity index (χ3v) is 5.06. The van der Waals surface area contributed by atoms with Crippen molar-refractivity contribution in [3.63, 3.8) is 0 Å². The van der Waals surface area contributed by atoms with Gasteiger partial charge in [-0.05, 0) is 49.2 Å². The van der Waals surface area contributed by atoms with Crippen LogP contribution in [0.25, 0.3) is 0 Å². The molecule has 3 amide bonds. The molecular formula is C21H23N3O4. The van der Waals surface area contributed by atoms with Gasteiger partial charge in [0.25, 0.3) is 0 Å². The fourth-order valence-electron chi connectivity index (χ4n) is 3.36. The second-order valence-corrected chi connectivity index (χ2v) is 7.03. The lowest BCUT2D eigenvalue weighted by atomic mass is 10.1. The molecule has 2 aliphatic heterocycles. The van der Waals surface area contributed by atoms with Crippen LogP contribution in [0, 0.1) is 13.8 Å². The minimum absolute atomic E-state index is 0.0206. The second kappa shape index (κ2) is 7.42. The maximum atomic E-state index is 12.8. The van der Waals surface area contributed by atoms with Gasteiger partial charge in [-0.25, -0.2) is 4.79 Å². The first-order valence-electron chi connectivity index (χ1n) is 9.34. The first kappa shape index (κ1) is 18.2. The summed E-state index contributed by atoms with van der Waals surface area (Å²) in [6, 6.07) is 11.0. The molecule has 0 atom stereocenters. The smallest absolute Gasteiger partial charge is 0.325 e. The van der Waals surface area contributed by atoms with Gasteiger partial charge >= 0.3 is 6.03 Å². The van der Waals surface area contributed by atoms with Crippen molar-refractivity contribution in [1.82, 2.24) is 4.90 Å².